The first kappa shape index (κ1) is 14.3. The lowest BCUT2D eigenvalue weighted by Gasteiger charge is -2.08. The molecule has 0 unspecified atom stereocenters. The molecule has 21 heavy (non-hydrogen) atoms. The Bertz CT molecular complexity index is 737. The maximum absolute atomic E-state index is 11.0. The normalized spacial score (nSPS) is 9.76. The molecule has 7 heteroatoms. The zero-order chi connectivity index (χ0) is 15.4. The molecule has 0 bridgehead atoms. The summed E-state index contributed by atoms with van der Waals surface area (Å²) in [6.45, 7) is 1.75. The number of nitriles is 1. The van der Waals surface area contributed by atoms with Gasteiger partial charge in [-0.2, -0.15) is 5.26 Å². The van der Waals surface area contributed by atoms with Crippen molar-refractivity contribution in [2.45, 2.75) is 6.92 Å². The number of ether oxygens (including phenoxy) is 2. The van der Waals surface area contributed by atoms with Gasteiger partial charge < -0.3 is 9.47 Å². The lowest BCUT2D eigenvalue weighted by molar-refractivity contribution is -0.385. The summed E-state index contributed by atoms with van der Waals surface area (Å²) in [5.74, 6) is 0.444. The summed E-state index contributed by atoms with van der Waals surface area (Å²) in [7, 11) is 1.35. The number of nitro groups is 1. The van der Waals surface area contributed by atoms with Crippen molar-refractivity contribution in [2.75, 3.05) is 7.11 Å². The quantitative estimate of drug-likeness (QED) is 0.632. The van der Waals surface area contributed by atoms with Gasteiger partial charge in [0.2, 0.25) is 5.88 Å². The second-order valence-electron chi connectivity index (χ2n) is 4.11. The number of pyridine rings is 1. The number of rotatable bonds is 4. The Hall–Kier alpha value is -3.14. The average molecular weight is 285 g/mol. The van der Waals surface area contributed by atoms with E-state index < -0.39 is 4.92 Å². The first-order valence-corrected chi connectivity index (χ1v) is 5.93. The van der Waals surface area contributed by atoms with E-state index in [9.17, 15) is 10.1 Å². The van der Waals surface area contributed by atoms with Gasteiger partial charge in [0, 0.05) is 5.69 Å². The zero-order valence-corrected chi connectivity index (χ0v) is 11.4. The molecule has 1 aromatic carbocycles. The van der Waals surface area contributed by atoms with Gasteiger partial charge in [0.25, 0.3) is 0 Å². The maximum Gasteiger partial charge on any atom is 0.314 e. The molecular formula is C14H11N3O4. The highest BCUT2D eigenvalue weighted by molar-refractivity contribution is 5.52. The topological polar surface area (TPSA) is 98.3 Å². The Morgan fingerprint density at radius 3 is 2.71 bits per heavy atom. The summed E-state index contributed by atoms with van der Waals surface area (Å²) in [5.41, 5.74) is 0.701. The standard InChI is InChI=1S/C14H11N3O4/c1-9-3-4-10(8-15)14(16-9)21-11-5-6-13(20-2)12(7-11)17(18)19/h3-7H,1-2H3. The van der Waals surface area contributed by atoms with E-state index in [2.05, 4.69) is 4.98 Å². The van der Waals surface area contributed by atoms with Gasteiger partial charge in [0.1, 0.15) is 17.4 Å². The van der Waals surface area contributed by atoms with E-state index in [4.69, 9.17) is 14.7 Å². The first-order chi connectivity index (χ1) is 10.0. The fraction of sp³-hybridized carbons (Fsp3) is 0.143. The number of hydrogen-bond donors (Lipinski definition) is 0. The molecule has 1 heterocycles. The van der Waals surface area contributed by atoms with Crippen LogP contribution in [0.2, 0.25) is 0 Å². The van der Waals surface area contributed by atoms with Crippen LogP contribution in [0.25, 0.3) is 0 Å². The molecule has 0 atom stereocenters. The van der Waals surface area contributed by atoms with Crippen LogP contribution >= 0.6 is 0 Å². The van der Waals surface area contributed by atoms with E-state index in [-0.39, 0.29) is 28.6 Å². The summed E-state index contributed by atoms with van der Waals surface area (Å²) in [4.78, 5) is 14.5. The van der Waals surface area contributed by atoms with Crippen LogP contribution in [0.1, 0.15) is 11.3 Å². The maximum atomic E-state index is 11.0. The predicted molar refractivity (Wildman–Crippen MR) is 73.4 cm³/mol. The third-order valence-electron chi connectivity index (χ3n) is 2.68. The minimum Gasteiger partial charge on any atom is -0.490 e. The third kappa shape index (κ3) is 3.06. The van der Waals surface area contributed by atoms with Crippen molar-refractivity contribution >= 4 is 5.69 Å². The zero-order valence-electron chi connectivity index (χ0n) is 11.4. The Morgan fingerprint density at radius 2 is 2.10 bits per heavy atom. The SMILES string of the molecule is COc1ccc(Oc2nc(C)ccc2C#N)cc1[N+](=O)[O-]. The van der Waals surface area contributed by atoms with Crippen molar-refractivity contribution in [2.24, 2.45) is 0 Å². The monoisotopic (exact) mass is 285 g/mol. The lowest BCUT2D eigenvalue weighted by atomic mass is 10.2. The molecule has 0 spiro atoms. The average Bonchev–Trinajstić information content (AvgIpc) is 2.47. The van der Waals surface area contributed by atoms with Crippen LogP contribution < -0.4 is 9.47 Å². The lowest BCUT2D eigenvalue weighted by Crippen LogP contribution is -1.97. The Morgan fingerprint density at radius 1 is 1.33 bits per heavy atom. The van der Waals surface area contributed by atoms with Crippen molar-refractivity contribution < 1.29 is 14.4 Å². The predicted octanol–water partition coefficient (Wildman–Crippen LogP) is 2.97. The van der Waals surface area contributed by atoms with E-state index in [0.717, 1.165) is 0 Å². The van der Waals surface area contributed by atoms with Crippen LogP contribution in [0.3, 0.4) is 0 Å². The van der Waals surface area contributed by atoms with Crippen LogP contribution in [-0.4, -0.2) is 17.0 Å². The number of nitrogens with zero attached hydrogens (tertiary/aromatic N) is 3. The van der Waals surface area contributed by atoms with Gasteiger partial charge in [-0.15, -0.1) is 0 Å². The van der Waals surface area contributed by atoms with Crippen LogP contribution in [0.4, 0.5) is 5.69 Å². The number of nitro benzene ring substituents is 1. The number of methoxy groups -OCH3 is 1. The molecule has 0 saturated carbocycles. The van der Waals surface area contributed by atoms with Gasteiger partial charge in [-0.05, 0) is 31.2 Å². The Balaban J connectivity index is 2.41. The van der Waals surface area contributed by atoms with Gasteiger partial charge >= 0.3 is 5.69 Å². The van der Waals surface area contributed by atoms with E-state index in [1.54, 1.807) is 19.1 Å². The van der Waals surface area contributed by atoms with Crippen molar-refractivity contribution in [3.8, 4) is 23.4 Å². The van der Waals surface area contributed by atoms with Gasteiger partial charge in [-0.3, -0.25) is 10.1 Å². The van der Waals surface area contributed by atoms with Gasteiger partial charge in [-0.25, -0.2) is 4.98 Å². The minimum absolute atomic E-state index is 0.108. The van der Waals surface area contributed by atoms with Crippen LogP contribution in [0.15, 0.2) is 30.3 Å². The molecular weight excluding hydrogens is 274 g/mol. The molecule has 0 N–H and O–H groups in total. The molecule has 2 rings (SSSR count). The molecule has 1 aromatic heterocycles. The highest BCUT2D eigenvalue weighted by atomic mass is 16.6. The smallest absolute Gasteiger partial charge is 0.314 e. The summed E-state index contributed by atoms with van der Waals surface area (Å²) < 4.78 is 10.4. The van der Waals surface area contributed by atoms with Crippen LogP contribution in [0.5, 0.6) is 17.4 Å². The van der Waals surface area contributed by atoms with Crippen molar-refractivity contribution in [1.29, 1.82) is 5.26 Å². The van der Waals surface area contributed by atoms with Crippen molar-refractivity contribution in [3.63, 3.8) is 0 Å². The number of aryl methyl sites for hydroxylation is 1. The summed E-state index contributed by atoms with van der Waals surface area (Å²) >= 11 is 0. The molecule has 0 saturated heterocycles. The van der Waals surface area contributed by atoms with Crippen molar-refractivity contribution in [3.05, 3.63) is 51.7 Å². The minimum atomic E-state index is -0.569. The first-order valence-electron chi connectivity index (χ1n) is 5.93. The van der Waals surface area contributed by atoms with Gasteiger partial charge in [-0.1, -0.05) is 0 Å². The number of benzene rings is 1. The van der Waals surface area contributed by atoms with Crippen LogP contribution in [-0.2, 0) is 0 Å². The molecule has 7 nitrogen and oxygen atoms in total. The highest BCUT2D eigenvalue weighted by Crippen LogP contribution is 2.33. The van der Waals surface area contributed by atoms with Crippen molar-refractivity contribution in [1.82, 2.24) is 4.98 Å². The molecule has 2 aromatic rings. The number of aromatic nitrogens is 1. The van der Waals surface area contributed by atoms with E-state index in [1.165, 1.54) is 25.3 Å². The summed E-state index contributed by atoms with van der Waals surface area (Å²) in [5, 5.41) is 20.0. The molecule has 0 aliphatic rings. The second-order valence-corrected chi connectivity index (χ2v) is 4.11. The van der Waals surface area contributed by atoms with E-state index >= 15 is 0 Å². The van der Waals surface area contributed by atoms with Crippen LogP contribution in [0, 0.1) is 28.4 Å². The molecule has 0 aliphatic heterocycles. The second kappa shape index (κ2) is 5.88. The molecule has 106 valence electrons. The van der Waals surface area contributed by atoms with Gasteiger partial charge in [0.05, 0.1) is 18.1 Å². The molecule has 0 amide bonds. The third-order valence-corrected chi connectivity index (χ3v) is 2.68. The van der Waals surface area contributed by atoms with E-state index in [1.807, 2.05) is 6.07 Å². The van der Waals surface area contributed by atoms with Gasteiger partial charge in [0.15, 0.2) is 5.75 Å². The Labute approximate surface area is 120 Å². The largest absolute Gasteiger partial charge is 0.490 e. The fourth-order valence-electron chi connectivity index (χ4n) is 1.68. The Kier molecular flexibility index (Phi) is 4.00. The highest BCUT2D eigenvalue weighted by Gasteiger charge is 2.17. The molecule has 0 fully saturated rings. The fourth-order valence-corrected chi connectivity index (χ4v) is 1.68. The van der Waals surface area contributed by atoms with E-state index in [0.29, 0.717) is 5.69 Å². The summed E-state index contributed by atoms with van der Waals surface area (Å²) in [6, 6.07) is 9.38. The molecule has 0 radical (unpaired) electrons. The number of hydrogen-bond acceptors (Lipinski definition) is 6. The summed E-state index contributed by atoms with van der Waals surface area (Å²) in [6.07, 6.45) is 0. The molecule has 0 aliphatic carbocycles.